The summed E-state index contributed by atoms with van der Waals surface area (Å²) < 4.78 is 5.74. The van der Waals surface area contributed by atoms with E-state index in [1.807, 2.05) is 41.8 Å². The molecule has 142 valence electrons. The summed E-state index contributed by atoms with van der Waals surface area (Å²) in [5, 5.41) is 2.81. The molecule has 2 N–H and O–H groups in total. The maximum Gasteiger partial charge on any atom is 0.289 e. The van der Waals surface area contributed by atoms with Crippen LogP contribution in [-0.2, 0) is 10.3 Å². The quantitative estimate of drug-likeness (QED) is 0.722. The van der Waals surface area contributed by atoms with Crippen molar-refractivity contribution in [3.05, 3.63) is 58.5 Å². The van der Waals surface area contributed by atoms with Crippen molar-refractivity contribution >= 4 is 40.1 Å². The third kappa shape index (κ3) is 2.31. The van der Waals surface area contributed by atoms with E-state index in [1.54, 1.807) is 18.0 Å². The summed E-state index contributed by atoms with van der Waals surface area (Å²) in [6, 6.07) is 13.1. The van der Waals surface area contributed by atoms with Crippen LogP contribution in [0.5, 0.6) is 0 Å². The molecule has 1 aromatic carbocycles. The van der Waals surface area contributed by atoms with E-state index in [-0.39, 0.29) is 36.6 Å². The zero-order valence-electron chi connectivity index (χ0n) is 15.2. The number of likely N-dealkylation sites (tertiary alicyclic amines) is 1. The molecule has 2 aromatic heterocycles. The first-order valence-corrected chi connectivity index (χ1v) is 9.82. The van der Waals surface area contributed by atoms with Crippen molar-refractivity contribution in [2.75, 3.05) is 20.1 Å². The summed E-state index contributed by atoms with van der Waals surface area (Å²) in [6.07, 6.45) is 0. The van der Waals surface area contributed by atoms with Gasteiger partial charge in [-0.2, -0.15) is 0 Å². The average Bonchev–Trinajstić information content (AvgIpc) is 3.43. The number of hydrogen-bond donors (Lipinski definition) is 1. The number of furan rings is 1. The summed E-state index contributed by atoms with van der Waals surface area (Å²) in [6.45, 7) is 0.558. The highest BCUT2D eigenvalue weighted by Gasteiger charge is 2.57. The molecule has 0 radical (unpaired) electrons. The molecule has 5 rings (SSSR count). The Morgan fingerprint density at radius 3 is 2.89 bits per heavy atom. The number of hydrogen-bond acceptors (Lipinski definition) is 6. The summed E-state index contributed by atoms with van der Waals surface area (Å²) in [5.41, 5.74) is 5.85. The van der Waals surface area contributed by atoms with Gasteiger partial charge in [0.2, 0.25) is 5.91 Å². The Labute approximate surface area is 165 Å². The van der Waals surface area contributed by atoms with Crippen molar-refractivity contribution in [3.8, 4) is 0 Å². The van der Waals surface area contributed by atoms with Gasteiger partial charge in [0.05, 0.1) is 12.5 Å². The van der Waals surface area contributed by atoms with Gasteiger partial charge in [-0.3, -0.25) is 14.5 Å². The molecule has 3 aromatic rings. The molecule has 2 aliphatic heterocycles. The predicted octanol–water partition coefficient (Wildman–Crippen LogP) is 2.25. The van der Waals surface area contributed by atoms with Crippen LogP contribution in [0.4, 0.5) is 0 Å². The van der Waals surface area contributed by atoms with Crippen molar-refractivity contribution in [2.24, 2.45) is 16.6 Å². The number of nitrogens with two attached hydrogens (primary N) is 1. The number of carbonyl (C=O) groups excluding carboxylic acids is 2. The lowest BCUT2D eigenvalue weighted by molar-refractivity contribution is -0.132. The zero-order valence-corrected chi connectivity index (χ0v) is 16.0. The molecule has 0 bridgehead atoms. The molecule has 8 heteroatoms. The van der Waals surface area contributed by atoms with E-state index in [1.165, 1.54) is 16.2 Å². The molecule has 28 heavy (non-hydrogen) atoms. The van der Waals surface area contributed by atoms with Gasteiger partial charge in [-0.1, -0.05) is 24.3 Å². The van der Waals surface area contributed by atoms with Gasteiger partial charge in [0.15, 0.2) is 11.7 Å². The van der Waals surface area contributed by atoms with Crippen LogP contribution >= 0.6 is 11.3 Å². The van der Waals surface area contributed by atoms with Crippen LogP contribution in [0, 0.1) is 5.92 Å². The Hall–Kier alpha value is -3.13. The number of guanidine groups is 1. The van der Waals surface area contributed by atoms with Crippen LogP contribution in [0.1, 0.15) is 15.4 Å². The largest absolute Gasteiger partial charge is 0.451 e. The Morgan fingerprint density at radius 1 is 1.32 bits per heavy atom. The number of para-hydroxylation sites is 1. The van der Waals surface area contributed by atoms with Crippen LogP contribution < -0.4 is 5.73 Å². The number of fused-ring (bicyclic) bond motifs is 2. The summed E-state index contributed by atoms with van der Waals surface area (Å²) in [7, 11) is 1.61. The van der Waals surface area contributed by atoms with Crippen LogP contribution in [-0.4, -0.2) is 47.7 Å². The topological polar surface area (TPSA) is 92.1 Å². The van der Waals surface area contributed by atoms with Gasteiger partial charge in [-0.05, 0) is 23.6 Å². The average molecular weight is 394 g/mol. The monoisotopic (exact) mass is 394 g/mol. The zero-order chi connectivity index (χ0) is 19.5. The van der Waals surface area contributed by atoms with Gasteiger partial charge >= 0.3 is 0 Å². The Morgan fingerprint density at radius 2 is 2.14 bits per heavy atom. The van der Waals surface area contributed by atoms with E-state index in [2.05, 4.69) is 0 Å². The van der Waals surface area contributed by atoms with E-state index in [0.29, 0.717) is 5.58 Å². The second-order valence-corrected chi connectivity index (χ2v) is 8.10. The fraction of sp³-hybridized carbons (Fsp3) is 0.250. The molecular formula is C20H18N4O3S. The molecule has 0 aliphatic carbocycles. The number of amides is 2. The van der Waals surface area contributed by atoms with E-state index in [9.17, 15) is 9.59 Å². The molecule has 0 saturated carbocycles. The minimum absolute atomic E-state index is 0.124. The Kier molecular flexibility index (Phi) is 3.60. The second-order valence-electron chi connectivity index (χ2n) is 7.16. The number of carbonyl (C=O) groups is 2. The minimum atomic E-state index is -0.844. The second kappa shape index (κ2) is 5.93. The van der Waals surface area contributed by atoms with Gasteiger partial charge in [0.25, 0.3) is 5.91 Å². The molecule has 1 saturated heterocycles. The molecule has 2 atom stereocenters. The van der Waals surface area contributed by atoms with Gasteiger partial charge in [0, 0.05) is 23.9 Å². The lowest BCUT2D eigenvalue weighted by Crippen LogP contribution is -2.54. The molecule has 0 spiro atoms. The molecule has 2 aliphatic rings. The number of nitrogens with zero attached hydrogens (tertiary/aromatic N) is 3. The number of benzene rings is 1. The van der Waals surface area contributed by atoms with Crippen molar-refractivity contribution in [3.63, 3.8) is 0 Å². The standard InChI is InChI=1S/C20H18N4O3S/c1-23-17(25)13-10-24(11-20(13,22-19(23)21)16-7-4-8-28-16)18(26)15-9-12-5-2-3-6-14(12)27-15/h2-9,13H,10-11H2,1H3,(H2,21,22). The molecule has 1 fully saturated rings. The van der Waals surface area contributed by atoms with E-state index in [4.69, 9.17) is 15.1 Å². The fourth-order valence-electron chi connectivity index (χ4n) is 4.09. The maximum absolute atomic E-state index is 13.2. The number of rotatable bonds is 2. The molecular weight excluding hydrogens is 376 g/mol. The number of thiophene rings is 1. The smallest absolute Gasteiger partial charge is 0.289 e. The van der Waals surface area contributed by atoms with Gasteiger partial charge in [-0.25, -0.2) is 4.99 Å². The highest BCUT2D eigenvalue weighted by molar-refractivity contribution is 7.10. The highest BCUT2D eigenvalue weighted by Crippen LogP contribution is 2.45. The van der Waals surface area contributed by atoms with Crippen LogP contribution in [0.15, 0.2) is 57.3 Å². The Bertz CT molecular complexity index is 1090. The first kappa shape index (κ1) is 17.0. The fourth-order valence-corrected chi connectivity index (χ4v) is 5.00. The molecule has 7 nitrogen and oxygen atoms in total. The highest BCUT2D eigenvalue weighted by atomic mass is 32.1. The van der Waals surface area contributed by atoms with Crippen molar-refractivity contribution < 1.29 is 14.0 Å². The Balaban J connectivity index is 1.55. The van der Waals surface area contributed by atoms with Crippen molar-refractivity contribution in [1.29, 1.82) is 0 Å². The normalized spacial score (nSPS) is 24.5. The van der Waals surface area contributed by atoms with Crippen LogP contribution in [0.3, 0.4) is 0 Å². The predicted molar refractivity (Wildman–Crippen MR) is 106 cm³/mol. The number of aliphatic imine (C=N–C) groups is 1. The maximum atomic E-state index is 13.2. The third-order valence-corrected chi connectivity index (χ3v) is 6.61. The van der Waals surface area contributed by atoms with Crippen molar-refractivity contribution in [1.82, 2.24) is 9.80 Å². The molecule has 2 amide bonds. The van der Waals surface area contributed by atoms with Gasteiger partial charge in [-0.15, -0.1) is 11.3 Å². The summed E-state index contributed by atoms with van der Waals surface area (Å²) in [4.78, 5) is 34.8. The van der Waals surface area contributed by atoms with Crippen LogP contribution in [0.25, 0.3) is 11.0 Å². The van der Waals surface area contributed by atoms with Gasteiger partial charge in [0.1, 0.15) is 11.1 Å². The third-order valence-electron chi connectivity index (χ3n) is 5.57. The first-order chi connectivity index (χ1) is 13.5. The molecule has 4 heterocycles. The van der Waals surface area contributed by atoms with E-state index in [0.717, 1.165) is 10.3 Å². The van der Waals surface area contributed by atoms with Gasteiger partial charge < -0.3 is 15.1 Å². The van der Waals surface area contributed by atoms with E-state index < -0.39 is 11.5 Å². The van der Waals surface area contributed by atoms with E-state index >= 15 is 0 Å². The first-order valence-electron chi connectivity index (χ1n) is 8.94. The van der Waals surface area contributed by atoms with Crippen LogP contribution in [0.2, 0.25) is 0 Å². The molecule has 2 unspecified atom stereocenters. The summed E-state index contributed by atoms with van der Waals surface area (Å²) in [5.74, 6) is -0.407. The lowest BCUT2D eigenvalue weighted by Gasteiger charge is -2.36. The SMILES string of the molecule is CN1C(=O)C2CN(C(=O)c3cc4ccccc4o3)CC2(c2cccs2)N=C1N. The summed E-state index contributed by atoms with van der Waals surface area (Å²) >= 11 is 1.52. The minimum Gasteiger partial charge on any atom is -0.451 e. The van der Waals surface area contributed by atoms with Crippen molar-refractivity contribution in [2.45, 2.75) is 5.54 Å². The lowest BCUT2D eigenvalue weighted by atomic mass is 9.84.